The van der Waals surface area contributed by atoms with Gasteiger partial charge in [-0.05, 0) is 13.0 Å². The summed E-state index contributed by atoms with van der Waals surface area (Å²) in [4.78, 5) is 0. The zero-order valence-corrected chi connectivity index (χ0v) is 8.79. The number of ether oxygens (including phenoxy) is 1. The third-order valence-corrected chi connectivity index (χ3v) is 1.61. The summed E-state index contributed by atoms with van der Waals surface area (Å²) in [5.41, 5.74) is 1.97. The van der Waals surface area contributed by atoms with E-state index in [1.54, 1.807) is 7.11 Å². The van der Waals surface area contributed by atoms with Crippen molar-refractivity contribution in [2.75, 3.05) is 7.11 Å². The highest BCUT2D eigenvalue weighted by molar-refractivity contribution is 5.36. The first-order chi connectivity index (χ1) is 6.27. The van der Waals surface area contributed by atoms with Gasteiger partial charge in [-0.3, -0.25) is 0 Å². The Morgan fingerprint density at radius 1 is 1.31 bits per heavy atom. The van der Waals surface area contributed by atoms with Crippen molar-refractivity contribution in [3.63, 3.8) is 0 Å². The van der Waals surface area contributed by atoms with Gasteiger partial charge < -0.3 is 9.84 Å². The number of benzene rings is 1. The fourth-order valence-corrected chi connectivity index (χ4v) is 1.03. The maximum atomic E-state index is 8.89. The molecule has 0 saturated heterocycles. The van der Waals surface area contributed by atoms with Crippen LogP contribution < -0.4 is 4.74 Å². The van der Waals surface area contributed by atoms with Crippen molar-refractivity contribution in [1.82, 2.24) is 0 Å². The topological polar surface area (TPSA) is 29.5 Å². The van der Waals surface area contributed by atoms with Crippen LogP contribution in [0.4, 0.5) is 0 Å². The van der Waals surface area contributed by atoms with E-state index in [2.05, 4.69) is 0 Å². The SMILES string of the molecule is CC.COc1ccc(C)cc1CO. The van der Waals surface area contributed by atoms with Gasteiger partial charge in [-0.25, -0.2) is 0 Å². The fourth-order valence-electron chi connectivity index (χ4n) is 1.03. The standard InChI is InChI=1S/C9H12O2.C2H6/c1-7-3-4-9(11-2)8(5-7)6-10;1-2/h3-5,10H,6H2,1-2H3;1-2H3. The minimum absolute atomic E-state index is 0.0326. The first kappa shape index (κ1) is 12.0. The van der Waals surface area contributed by atoms with Crippen molar-refractivity contribution < 1.29 is 9.84 Å². The summed E-state index contributed by atoms with van der Waals surface area (Å²) < 4.78 is 5.03. The van der Waals surface area contributed by atoms with Crippen LogP contribution in [-0.2, 0) is 6.61 Å². The van der Waals surface area contributed by atoms with E-state index in [9.17, 15) is 0 Å². The lowest BCUT2D eigenvalue weighted by atomic mass is 10.1. The molecule has 0 aliphatic rings. The smallest absolute Gasteiger partial charge is 0.124 e. The lowest BCUT2D eigenvalue weighted by Gasteiger charge is -2.05. The van der Waals surface area contributed by atoms with E-state index >= 15 is 0 Å². The number of hydrogen-bond donors (Lipinski definition) is 1. The zero-order valence-electron chi connectivity index (χ0n) is 8.79. The van der Waals surface area contributed by atoms with Crippen molar-refractivity contribution in [2.24, 2.45) is 0 Å². The normalized spacial score (nSPS) is 8.69. The minimum Gasteiger partial charge on any atom is -0.496 e. The van der Waals surface area contributed by atoms with Gasteiger partial charge >= 0.3 is 0 Å². The van der Waals surface area contributed by atoms with Crippen LogP contribution in [0.5, 0.6) is 5.75 Å². The van der Waals surface area contributed by atoms with Crippen molar-refractivity contribution in [1.29, 1.82) is 0 Å². The molecule has 0 saturated carbocycles. The molecular formula is C11H18O2. The Balaban J connectivity index is 0.000000671. The predicted molar refractivity (Wildman–Crippen MR) is 55.0 cm³/mol. The monoisotopic (exact) mass is 182 g/mol. The van der Waals surface area contributed by atoms with Gasteiger partial charge in [-0.2, -0.15) is 0 Å². The van der Waals surface area contributed by atoms with Crippen molar-refractivity contribution in [2.45, 2.75) is 27.4 Å². The molecule has 1 aromatic carbocycles. The molecule has 1 N–H and O–H groups in total. The van der Waals surface area contributed by atoms with E-state index in [-0.39, 0.29) is 6.61 Å². The van der Waals surface area contributed by atoms with Gasteiger partial charge in [0.15, 0.2) is 0 Å². The molecule has 0 radical (unpaired) electrons. The summed E-state index contributed by atoms with van der Waals surface area (Å²) in [5.74, 6) is 0.748. The molecule has 0 aliphatic heterocycles. The zero-order chi connectivity index (χ0) is 10.3. The molecule has 0 aromatic heterocycles. The van der Waals surface area contributed by atoms with Crippen molar-refractivity contribution >= 4 is 0 Å². The number of hydrogen-bond acceptors (Lipinski definition) is 2. The van der Waals surface area contributed by atoms with Gasteiger partial charge in [-0.15, -0.1) is 0 Å². The van der Waals surface area contributed by atoms with E-state index in [0.29, 0.717) is 0 Å². The molecule has 0 spiro atoms. The number of methoxy groups -OCH3 is 1. The van der Waals surface area contributed by atoms with Crippen LogP contribution in [-0.4, -0.2) is 12.2 Å². The molecule has 2 heteroatoms. The first-order valence-electron chi connectivity index (χ1n) is 4.52. The van der Waals surface area contributed by atoms with Crippen molar-refractivity contribution in [3.05, 3.63) is 29.3 Å². The van der Waals surface area contributed by atoms with Crippen LogP contribution in [0.15, 0.2) is 18.2 Å². The number of rotatable bonds is 2. The average molecular weight is 182 g/mol. The molecule has 1 rings (SSSR count). The second-order valence-electron chi connectivity index (χ2n) is 2.47. The Labute approximate surface area is 80.2 Å². The highest BCUT2D eigenvalue weighted by Gasteiger charge is 1.99. The maximum Gasteiger partial charge on any atom is 0.124 e. The van der Waals surface area contributed by atoms with Crippen LogP contribution in [0.25, 0.3) is 0 Å². The molecule has 0 fully saturated rings. The Morgan fingerprint density at radius 3 is 2.38 bits per heavy atom. The van der Waals surface area contributed by atoms with Crippen molar-refractivity contribution in [3.8, 4) is 5.75 Å². The van der Waals surface area contributed by atoms with E-state index in [1.165, 1.54) is 0 Å². The third kappa shape index (κ3) is 3.47. The van der Waals surface area contributed by atoms with Gasteiger partial charge in [-0.1, -0.05) is 31.5 Å². The van der Waals surface area contributed by atoms with Crippen LogP contribution in [0.3, 0.4) is 0 Å². The Morgan fingerprint density at radius 2 is 1.92 bits per heavy atom. The summed E-state index contributed by atoms with van der Waals surface area (Å²) in [6, 6.07) is 5.73. The van der Waals surface area contributed by atoms with Crippen LogP contribution in [0.2, 0.25) is 0 Å². The molecule has 1 aromatic rings. The molecule has 13 heavy (non-hydrogen) atoms. The molecule has 0 amide bonds. The van der Waals surface area contributed by atoms with Gasteiger partial charge in [0.2, 0.25) is 0 Å². The molecule has 0 bridgehead atoms. The molecule has 0 unspecified atom stereocenters. The Bertz CT molecular complexity index is 244. The lowest BCUT2D eigenvalue weighted by Crippen LogP contribution is -1.91. The highest BCUT2D eigenvalue weighted by atomic mass is 16.5. The van der Waals surface area contributed by atoms with Gasteiger partial charge in [0.1, 0.15) is 5.75 Å². The van der Waals surface area contributed by atoms with E-state index in [4.69, 9.17) is 9.84 Å². The number of aliphatic hydroxyl groups excluding tert-OH is 1. The second-order valence-corrected chi connectivity index (χ2v) is 2.47. The van der Waals surface area contributed by atoms with E-state index in [1.807, 2.05) is 39.0 Å². The van der Waals surface area contributed by atoms with Gasteiger partial charge in [0, 0.05) is 5.56 Å². The average Bonchev–Trinajstić information content (AvgIpc) is 2.20. The molecule has 0 heterocycles. The van der Waals surface area contributed by atoms with E-state index in [0.717, 1.165) is 16.9 Å². The third-order valence-electron chi connectivity index (χ3n) is 1.61. The summed E-state index contributed by atoms with van der Waals surface area (Å²) in [7, 11) is 1.60. The summed E-state index contributed by atoms with van der Waals surface area (Å²) >= 11 is 0. The maximum absolute atomic E-state index is 8.89. The Kier molecular flexibility index (Phi) is 5.98. The number of aliphatic hydroxyl groups is 1. The molecule has 0 atom stereocenters. The predicted octanol–water partition coefficient (Wildman–Crippen LogP) is 2.52. The largest absolute Gasteiger partial charge is 0.496 e. The quantitative estimate of drug-likeness (QED) is 0.761. The molecule has 2 nitrogen and oxygen atoms in total. The second kappa shape index (κ2) is 6.49. The van der Waals surface area contributed by atoms with E-state index < -0.39 is 0 Å². The highest BCUT2D eigenvalue weighted by Crippen LogP contribution is 2.18. The Hall–Kier alpha value is -1.02. The molecule has 74 valence electrons. The van der Waals surface area contributed by atoms with Crippen LogP contribution >= 0.6 is 0 Å². The summed E-state index contributed by atoms with van der Waals surface area (Å²) in [5, 5.41) is 8.89. The van der Waals surface area contributed by atoms with Crippen LogP contribution in [0, 0.1) is 6.92 Å². The minimum atomic E-state index is 0.0326. The fraction of sp³-hybridized carbons (Fsp3) is 0.455. The van der Waals surface area contributed by atoms with Gasteiger partial charge in [0.05, 0.1) is 13.7 Å². The van der Waals surface area contributed by atoms with Crippen LogP contribution in [0.1, 0.15) is 25.0 Å². The lowest BCUT2D eigenvalue weighted by molar-refractivity contribution is 0.273. The molecular weight excluding hydrogens is 164 g/mol. The first-order valence-corrected chi connectivity index (χ1v) is 4.52. The van der Waals surface area contributed by atoms with Gasteiger partial charge in [0.25, 0.3) is 0 Å². The molecule has 0 aliphatic carbocycles. The summed E-state index contributed by atoms with van der Waals surface area (Å²) in [6.45, 7) is 6.02. The summed E-state index contributed by atoms with van der Waals surface area (Å²) in [6.07, 6.45) is 0. The number of aryl methyl sites for hydroxylation is 1.